The fraction of sp³-hybridized carbons (Fsp3) is 0.436. The molecule has 0 aromatic heterocycles. The van der Waals surface area contributed by atoms with E-state index in [9.17, 15) is 14.7 Å². The maximum Gasteiger partial charge on any atom is 0.338 e. The number of benzene rings is 3. The van der Waals surface area contributed by atoms with Crippen LogP contribution >= 0.6 is 0 Å². The predicted octanol–water partition coefficient (Wildman–Crippen LogP) is 6.84. The lowest BCUT2D eigenvalue weighted by Crippen LogP contribution is -2.69. The zero-order valence-electron chi connectivity index (χ0n) is 29.9. The number of nitrogens with zero attached hydrogens (tertiary/aromatic N) is 2. The summed E-state index contributed by atoms with van der Waals surface area (Å²) in [6.45, 7) is 15.5. The van der Waals surface area contributed by atoms with Crippen LogP contribution in [0.15, 0.2) is 103 Å². The van der Waals surface area contributed by atoms with Crippen molar-refractivity contribution in [1.29, 1.82) is 0 Å². The van der Waals surface area contributed by atoms with Crippen LogP contribution in [0.5, 0.6) is 0 Å². The second-order valence-electron chi connectivity index (χ2n) is 14.3. The van der Waals surface area contributed by atoms with Crippen molar-refractivity contribution >= 4 is 20.2 Å². The summed E-state index contributed by atoms with van der Waals surface area (Å²) in [5.41, 5.74) is 2.75. The molecule has 1 N–H and O–H groups in total. The van der Waals surface area contributed by atoms with Crippen LogP contribution in [0.1, 0.15) is 51.3 Å². The Labute approximate surface area is 292 Å². The van der Waals surface area contributed by atoms with Gasteiger partial charge in [0, 0.05) is 6.54 Å². The number of aliphatic hydroxyl groups excluding tert-OH is 1. The Hall–Kier alpha value is -3.96. The molecule has 1 aliphatic rings. The van der Waals surface area contributed by atoms with E-state index in [-0.39, 0.29) is 49.8 Å². The highest BCUT2D eigenvalue weighted by Gasteiger charge is 2.50. The van der Waals surface area contributed by atoms with Gasteiger partial charge >= 0.3 is 5.97 Å². The van der Waals surface area contributed by atoms with Gasteiger partial charge in [0.15, 0.2) is 8.32 Å². The molecule has 9 nitrogen and oxygen atoms in total. The number of amides is 1. The molecule has 3 aromatic rings. The van der Waals surface area contributed by atoms with E-state index in [0.29, 0.717) is 0 Å². The Kier molecular flexibility index (Phi) is 13.2. The molecule has 1 amide bonds. The van der Waals surface area contributed by atoms with Gasteiger partial charge in [-0.2, -0.15) is 0 Å². The van der Waals surface area contributed by atoms with Crippen LogP contribution in [-0.2, 0) is 48.0 Å². The minimum absolute atomic E-state index is 0.0614. The number of hydrogen-bond donors (Lipinski definition) is 1. The van der Waals surface area contributed by atoms with Crippen molar-refractivity contribution in [3.05, 3.63) is 120 Å². The molecule has 3 aromatic carbocycles. The third-order valence-electron chi connectivity index (χ3n) is 9.26. The molecular formula is C39H52N2O7Si. The number of carbonyl (C=O) groups is 2. The van der Waals surface area contributed by atoms with Crippen LogP contribution in [0, 0.1) is 5.92 Å². The quantitative estimate of drug-likeness (QED) is 0.105. The van der Waals surface area contributed by atoms with Gasteiger partial charge in [-0.15, -0.1) is 0 Å². The number of piperazine rings is 1. The van der Waals surface area contributed by atoms with Gasteiger partial charge < -0.3 is 33.5 Å². The highest BCUT2D eigenvalue weighted by molar-refractivity contribution is 6.74. The standard InChI is InChI=1S/C39H52N2O7Si/c1-29(2)36-33(26-47-49(6,7)39(3,4)5)40(23-30-17-11-8-12-18-30)37(43)38(44)41(36)34(27-45-24-31-19-13-9-14-20-31)48-35(42)28-46-25-32-21-15-10-16-22-32/h8-22,27,29,33,36,38,44H,23-26,28H2,1-7H3/b34-27+/t33-,36-,38+/m1/s1. The normalized spacial score (nSPS) is 18.9. The molecule has 0 spiro atoms. The van der Waals surface area contributed by atoms with Gasteiger partial charge in [-0.3, -0.25) is 4.79 Å². The van der Waals surface area contributed by atoms with Crippen LogP contribution in [-0.4, -0.2) is 66.6 Å². The highest BCUT2D eigenvalue weighted by Crippen LogP contribution is 2.38. The first kappa shape index (κ1) is 37.8. The van der Waals surface area contributed by atoms with Gasteiger partial charge in [0.1, 0.15) is 19.5 Å². The Morgan fingerprint density at radius 1 is 0.878 bits per heavy atom. The summed E-state index contributed by atoms with van der Waals surface area (Å²) < 4.78 is 24.3. The van der Waals surface area contributed by atoms with Crippen LogP contribution in [0.2, 0.25) is 18.1 Å². The lowest BCUT2D eigenvalue weighted by atomic mass is 9.90. The molecule has 10 heteroatoms. The number of esters is 1. The lowest BCUT2D eigenvalue weighted by Gasteiger charge is -2.52. The third-order valence-corrected chi connectivity index (χ3v) is 13.8. The van der Waals surface area contributed by atoms with Crippen LogP contribution in [0.4, 0.5) is 0 Å². The third kappa shape index (κ3) is 10.3. The number of rotatable bonds is 15. The molecule has 0 bridgehead atoms. The minimum Gasteiger partial charge on any atom is -0.491 e. The molecule has 1 saturated heterocycles. The van der Waals surface area contributed by atoms with Gasteiger partial charge in [0.05, 0.1) is 25.3 Å². The van der Waals surface area contributed by atoms with Crippen molar-refractivity contribution in [3.63, 3.8) is 0 Å². The van der Waals surface area contributed by atoms with Crippen LogP contribution in [0.3, 0.4) is 0 Å². The molecule has 0 saturated carbocycles. The second-order valence-corrected chi connectivity index (χ2v) is 19.1. The zero-order chi connectivity index (χ0) is 35.6. The Balaban J connectivity index is 1.68. The maximum atomic E-state index is 14.2. The fourth-order valence-electron chi connectivity index (χ4n) is 5.56. The molecule has 0 aliphatic carbocycles. The van der Waals surface area contributed by atoms with Crippen molar-refractivity contribution < 1.29 is 33.3 Å². The number of hydrogen-bond acceptors (Lipinski definition) is 8. The SMILES string of the molecule is CC(C)[C@@H]1[C@@H](CO[Si](C)(C)C(C)(C)C)N(Cc2ccccc2)C(=O)[C@H](O)N1/C(=C\OCc1ccccc1)OC(=O)COCc1ccccc1. The largest absolute Gasteiger partial charge is 0.491 e. The van der Waals surface area contributed by atoms with Crippen LogP contribution < -0.4 is 0 Å². The summed E-state index contributed by atoms with van der Waals surface area (Å²) in [5.74, 6) is -1.39. The van der Waals surface area contributed by atoms with Gasteiger partial charge in [-0.05, 0) is 40.7 Å². The first-order valence-corrected chi connectivity index (χ1v) is 19.8. The molecule has 0 unspecified atom stereocenters. The smallest absolute Gasteiger partial charge is 0.338 e. The van der Waals surface area contributed by atoms with E-state index < -0.39 is 38.5 Å². The molecule has 1 aliphatic heterocycles. The Morgan fingerprint density at radius 2 is 1.41 bits per heavy atom. The molecule has 1 heterocycles. The summed E-state index contributed by atoms with van der Waals surface area (Å²) >= 11 is 0. The summed E-state index contributed by atoms with van der Waals surface area (Å²) in [5, 5.41) is 11.7. The summed E-state index contributed by atoms with van der Waals surface area (Å²) in [6, 6.07) is 27.8. The zero-order valence-corrected chi connectivity index (χ0v) is 30.9. The van der Waals surface area contributed by atoms with E-state index in [1.807, 2.05) is 105 Å². The van der Waals surface area contributed by atoms with E-state index in [0.717, 1.165) is 16.7 Å². The van der Waals surface area contributed by atoms with Crippen molar-refractivity contribution in [3.8, 4) is 0 Å². The molecule has 49 heavy (non-hydrogen) atoms. The number of aliphatic hydroxyl groups is 1. The first-order chi connectivity index (χ1) is 23.3. The fourth-order valence-corrected chi connectivity index (χ4v) is 6.58. The van der Waals surface area contributed by atoms with Crippen molar-refractivity contribution in [2.75, 3.05) is 13.2 Å². The minimum atomic E-state index is -2.25. The first-order valence-electron chi connectivity index (χ1n) is 16.9. The molecule has 4 rings (SSSR count). The molecule has 264 valence electrons. The van der Waals surface area contributed by atoms with Gasteiger partial charge in [0.2, 0.25) is 12.1 Å². The Morgan fingerprint density at radius 3 is 1.94 bits per heavy atom. The van der Waals surface area contributed by atoms with E-state index in [1.165, 1.54) is 11.2 Å². The molecule has 3 atom stereocenters. The number of carbonyl (C=O) groups excluding carboxylic acids is 2. The van der Waals surface area contributed by atoms with Gasteiger partial charge in [-0.1, -0.05) is 126 Å². The average Bonchev–Trinajstić information content (AvgIpc) is 3.06. The second kappa shape index (κ2) is 17.1. The van der Waals surface area contributed by atoms with Crippen molar-refractivity contribution in [2.45, 2.75) is 90.8 Å². The summed E-state index contributed by atoms with van der Waals surface area (Å²) in [7, 11) is -2.25. The summed E-state index contributed by atoms with van der Waals surface area (Å²) in [4.78, 5) is 30.7. The van der Waals surface area contributed by atoms with E-state index in [2.05, 4.69) is 33.9 Å². The van der Waals surface area contributed by atoms with E-state index in [1.54, 1.807) is 4.90 Å². The molecular weight excluding hydrogens is 637 g/mol. The highest BCUT2D eigenvalue weighted by atomic mass is 28.4. The van der Waals surface area contributed by atoms with E-state index >= 15 is 0 Å². The van der Waals surface area contributed by atoms with Gasteiger partial charge in [-0.25, -0.2) is 4.79 Å². The lowest BCUT2D eigenvalue weighted by molar-refractivity contribution is -0.184. The van der Waals surface area contributed by atoms with Crippen LogP contribution in [0.25, 0.3) is 0 Å². The molecule has 1 fully saturated rings. The van der Waals surface area contributed by atoms with Crippen molar-refractivity contribution in [1.82, 2.24) is 9.80 Å². The van der Waals surface area contributed by atoms with E-state index in [4.69, 9.17) is 18.6 Å². The monoisotopic (exact) mass is 688 g/mol. The maximum absolute atomic E-state index is 14.2. The summed E-state index contributed by atoms with van der Waals surface area (Å²) in [6.07, 6.45) is -0.336. The van der Waals surface area contributed by atoms with Crippen molar-refractivity contribution in [2.24, 2.45) is 5.92 Å². The average molecular weight is 689 g/mol. The van der Waals surface area contributed by atoms with Gasteiger partial charge in [0.25, 0.3) is 5.91 Å². The predicted molar refractivity (Wildman–Crippen MR) is 192 cm³/mol. The molecule has 0 radical (unpaired) electrons. The Bertz CT molecular complexity index is 1510. The number of ether oxygens (including phenoxy) is 3. The topological polar surface area (TPSA) is 97.8 Å².